The van der Waals surface area contributed by atoms with Crippen molar-refractivity contribution in [3.8, 4) is 0 Å². The lowest BCUT2D eigenvalue weighted by Gasteiger charge is -2.32. The Morgan fingerprint density at radius 1 is 0.750 bits per heavy atom. The molecular formula is C30H44BBrN2O6. The third kappa shape index (κ3) is 10.8. The maximum Gasteiger partial charge on any atom is 0.495 e. The topological polar surface area (TPSA) is 95.1 Å². The first-order chi connectivity index (χ1) is 18.3. The predicted octanol–water partition coefficient (Wildman–Crippen LogP) is 6.48. The zero-order valence-corrected chi connectivity index (χ0v) is 27.0. The Morgan fingerprint density at radius 3 is 1.60 bits per heavy atom. The van der Waals surface area contributed by atoms with Crippen molar-refractivity contribution < 1.29 is 28.4 Å². The van der Waals surface area contributed by atoms with E-state index in [2.05, 4.69) is 26.6 Å². The second-order valence-corrected chi connectivity index (χ2v) is 13.4. The fraction of sp³-hybridized carbons (Fsp3) is 0.533. The minimum atomic E-state index is -0.519. The van der Waals surface area contributed by atoms with Crippen molar-refractivity contribution >= 4 is 40.7 Å². The smallest absolute Gasteiger partial charge is 0.444 e. The van der Waals surface area contributed by atoms with Gasteiger partial charge in [0.05, 0.1) is 11.2 Å². The molecular weight excluding hydrogens is 575 g/mol. The highest BCUT2D eigenvalue weighted by Crippen LogP contribution is 2.36. The molecule has 1 aliphatic heterocycles. The van der Waals surface area contributed by atoms with E-state index >= 15 is 0 Å². The lowest BCUT2D eigenvalue weighted by atomic mass is 9.76. The van der Waals surface area contributed by atoms with Crippen LogP contribution in [0, 0.1) is 0 Å². The van der Waals surface area contributed by atoms with Crippen molar-refractivity contribution in [1.82, 2.24) is 10.6 Å². The molecule has 1 heterocycles. The van der Waals surface area contributed by atoms with E-state index in [1.54, 1.807) is 0 Å². The summed E-state index contributed by atoms with van der Waals surface area (Å²) in [6.07, 6.45) is -0.838. The summed E-state index contributed by atoms with van der Waals surface area (Å²) in [5, 5.41) is 5.49. The molecule has 10 heteroatoms. The second-order valence-electron chi connectivity index (χ2n) is 12.6. The van der Waals surface area contributed by atoms with Gasteiger partial charge in [0.25, 0.3) is 0 Å². The van der Waals surface area contributed by atoms with Crippen molar-refractivity contribution in [3.05, 3.63) is 64.1 Å². The van der Waals surface area contributed by atoms with Gasteiger partial charge in [0.2, 0.25) is 0 Å². The zero-order valence-electron chi connectivity index (χ0n) is 25.4. The SMILES string of the molecule is CC(C)(C)OC(=O)NCc1ccccc1B1OC(C)(C)C(C)(C)O1.CC(C)(C)OC(=O)NCc1ccccc1Br. The number of nitrogens with one attached hydrogen (secondary N) is 2. The lowest BCUT2D eigenvalue weighted by Crippen LogP contribution is -2.41. The van der Waals surface area contributed by atoms with Crippen LogP contribution in [0.1, 0.15) is 80.4 Å². The summed E-state index contributed by atoms with van der Waals surface area (Å²) in [5.41, 5.74) is 1.11. The number of halogens is 1. The van der Waals surface area contributed by atoms with Crippen molar-refractivity contribution in [2.45, 2.75) is 105 Å². The molecule has 1 fully saturated rings. The van der Waals surface area contributed by atoms with Crippen molar-refractivity contribution in [1.29, 1.82) is 0 Å². The monoisotopic (exact) mass is 618 g/mol. The number of carbonyl (C=O) groups excluding carboxylic acids is 2. The Hall–Kier alpha value is -2.56. The molecule has 2 amide bonds. The molecule has 0 radical (unpaired) electrons. The van der Waals surface area contributed by atoms with Crippen molar-refractivity contribution in [3.63, 3.8) is 0 Å². The van der Waals surface area contributed by atoms with E-state index in [0.29, 0.717) is 13.1 Å². The number of hydrogen-bond acceptors (Lipinski definition) is 6. The van der Waals surface area contributed by atoms with Gasteiger partial charge in [-0.2, -0.15) is 0 Å². The van der Waals surface area contributed by atoms with Gasteiger partial charge in [-0.15, -0.1) is 0 Å². The lowest BCUT2D eigenvalue weighted by molar-refractivity contribution is 0.00578. The standard InChI is InChI=1S/C18H28BNO4.C12H16BrNO2/c1-16(2,3)22-15(21)20-12-13-10-8-9-11-14(13)19-23-17(4,5)18(6,7)24-19;1-12(2,3)16-11(15)14-8-9-6-4-5-7-10(9)13/h8-11H,12H2,1-7H3,(H,20,21);4-7H,8H2,1-3H3,(H,14,15). The van der Waals surface area contributed by atoms with Crippen LogP contribution in [0.25, 0.3) is 0 Å². The molecule has 3 rings (SSSR count). The third-order valence-electron chi connectivity index (χ3n) is 6.16. The summed E-state index contributed by atoms with van der Waals surface area (Å²) in [6.45, 7) is 19.9. The summed E-state index contributed by atoms with van der Waals surface area (Å²) in [5.74, 6) is 0. The van der Waals surface area contributed by atoms with Crippen LogP contribution < -0.4 is 16.1 Å². The number of rotatable bonds is 5. The van der Waals surface area contributed by atoms with Crippen LogP contribution >= 0.6 is 15.9 Å². The Labute approximate surface area is 248 Å². The maximum atomic E-state index is 11.9. The Morgan fingerprint density at radius 2 is 1.15 bits per heavy atom. The van der Waals surface area contributed by atoms with Gasteiger partial charge in [-0.05, 0) is 91.9 Å². The fourth-order valence-corrected chi connectivity index (χ4v) is 3.93. The van der Waals surface area contributed by atoms with Gasteiger partial charge < -0.3 is 29.4 Å². The normalized spacial score (nSPS) is 15.9. The maximum absolute atomic E-state index is 11.9. The first-order valence-electron chi connectivity index (χ1n) is 13.4. The molecule has 1 aliphatic rings. The number of amides is 2. The van der Waals surface area contributed by atoms with Crippen LogP contribution in [0.2, 0.25) is 0 Å². The van der Waals surface area contributed by atoms with E-state index in [1.165, 1.54) is 0 Å². The number of alkyl carbamates (subject to hydrolysis) is 2. The Kier molecular flexibility index (Phi) is 11.3. The molecule has 0 unspecified atom stereocenters. The van der Waals surface area contributed by atoms with Crippen LogP contribution in [0.5, 0.6) is 0 Å². The van der Waals surface area contributed by atoms with Crippen LogP contribution in [0.15, 0.2) is 53.0 Å². The molecule has 40 heavy (non-hydrogen) atoms. The summed E-state index contributed by atoms with van der Waals surface area (Å²) >= 11 is 3.42. The van der Waals surface area contributed by atoms with E-state index in [9.17, 15) is 9.59 Å². The van der Waals surface area contributed by atoms with Crippen LogP contribution in [-0.2, 0) is 31.9 Å². The summed E-state index contributed by atoms with van der Waals surface area (Å²) in [4.78, 5) is 23.3. The molecule has 2 aromatic carbocycles. The molecule has 0 spiro atoms. The molecule has 8 nitrogen and oxygen atoms in total. The highest BCUT2D eigenvalue weighted by Gasteiger charge is 2.52. The molecule has 0 atom stereocenters. The molecule has 1 saturated heterocycles. The fourth-order valence-electron chi connectivity index (χ4n) is 3.50. The number of benzene rings is 2. The van der Waals surface area contributed by atoms with Crippen molar-refractivity contribution in [2.24, 2.45) is 0 Å². The largest absolute Gasteiger partial charge is 0.495 e. The number of carbonyl (C=O) groups is 2. The van der Waals surface area contributed by atoms with Gasteiger partial charge >= 0.3 is 19.3 Å². The van der Waals surface area contributed by atoms with Crippen LogP contribution in [-0.4, -0.2) is 41.7 Å². The first-order valence-corrected chi connectivity index (χ1v) is 14.2. The van der Waals surface area contributed by atoms with Gasteiger partial charge in [-0.25, -0.2) is 9.59 Å². The molecule has 0 aromatic heterocycles. The molecule has 220 valence electrons. The van der Waals surface area contributed by atoms with Crippen LogP contribution in [0.3, 0.4) is 0 Å². The van der Waals surface area contributed by atoms with Gasteiger partial charge in [0, 0.05) is 17.6 Å². The first kappa shape index (κ1) is 33.7. The molecule has 0 saturated carbocycles. The van der Waals surface area contributed by atoms with E-state index in [-0.39, 0.29) is 0 Å². The second kappa shape index (κ2) is 13.4. The minimum absolute atomic E-state index is 0.356. The molecule has 0 bridgehead atoms. The predicted molar refractivity (Wildman–Crippen MR) is 162 cm³/mol. The van der Waals surface area contributed by atoms with E-state index in [4.69, 9.17) is 18.8 Å². The van der Waals surface area contributed by atoms with Crippen LogP contribution in [0.4, 0.5) is 9.59 Å². The summed E-state index contributed by atoms with van der Waals surface area (Å²) in [6, 6.07) is 15.5. The highest BCUT2D eigenvalue weighted by atomic mass is 79.9. The van der Waals surface area contributed by atoms with E-state index in [0.717, 1.165) is 21.1 Å². The van der Waals surface area contributed by atoms with E-state index < -0.39 is 41.7 Å². The third-order valence-corrected chi connectivity index (χ3v) is 6.94. The van der Waals surface area contributed by atoms with Gasteiger partial charge in [0.15, 0.2) is 0 Å². The van der Waals surface area contributed by atoms with Gasteiger partial charge in [-0.3, -0.25) is 0 Å². The highest BCUT2D eigenvalue weighted by molar-refractivity contribution is 9.10. The average molecular weight is 619 g/mol. The molecule has 2 aromatic rings. The number of hydrogen-bond donors (Lipinski definition) is 2. The molecule has 0 aliphatic carbocycles. The summed E-state index contributed by atoms with van der Waals surface area (Å²) in [7, 11) is -0.452. The van der Waals surface area contributed by atoms with Gasteiger partial charge in [-0.1, -0.05) is 58.4 Å². The Balaban J connectivity index is 0.000000305. The minimum Gasteiger partial charge on any atom is -0.444 e. The van der Waals surface area contributed by atoms with Gasteiger partial charge in [0.1, 0.15) is 11.2 Å². The van der Waals surface area contributed by atoms with Crippen molar-refractivity contribution in [2.75, 3.05) is 0 Å². The average Bonchev–Trinajstić information content (AvgIpc) is 3.02. The zero-order chi connectivity index (χ0) is 30.4. The molecule has 2 N–H and O–H groups in total. The quantitative estimate of drug-likeness (QED) is 0.372. The summed E-state index contributed by atoms with van der Waals surface area (Å²) < 4.78 is 23.6. The number of ether oxygens (including phenoxy) is 2. The Bertz CT molecular complexity index is 1140. The van der Waals surface area contributed by atoms with E-state index in [1.807, 2.05) is 118 Å².